The molecule has 0 saturated carbocycles. The lowest BCUT2D eigenvalue weighted by molar-refractivity contribution is -0.172. The highest BCUT2D eigenvalue weighted by Gasteiger charge is 2.40. The minimum atomic E-state index is -5.02. The van der Waals surface area contributed by atoms with Crippen LogP contribution < -0.4 is 10.6 Å². The van der Waals surface area contributed by atoms with Crippen LogP contribution in [0.25, 0.3) is 0 Å². The van der Waals surface area contributed by atoms with Gasteiger partial charge in [0.1, 0.15) is 23.9 Å². The Bertz CT molecular complexity index is 478. The summed E-state index contributed by atoms with van der Waals surface area (Å²) in [6.07, 6.45) is -2.71. The zero-order chi connectivity index (χ0) is 12.6. The Balaban J connectivity index is 2.14. The summed E-state index contributed by atoms with van der Waals surface area (Å²) in [4.78, 5) is 29.3. The maximum atomic E-state index is 12.0. The van der Waals surface area contributed by atoms with Gasteiger partial charge in [-0.05, 0) is 6.08 Å². The van der Waals surface area contributed by atoms with Gasteiger partial charge in [0.15, 0.2) is 0 Å². The minimum absolute atomic E-state index is 0.0787. The van der Waals surface area contributed by atoms with Crippen LogP contribution in [0.5, 0.6) is 0 Å². The molecule has 9 heteroatoms. The average molecular weight is 246 g/mol. The first-order chi connectivity index (χ1) is 7.88. The maximum Gasteiger partial charge on any atom is 0.471 e. The van der Waals surface area contributed by atoms with Crippen LogP contribution in [-0.2, 0) is 9.59 Å². The van der Waals surface area contributed by atoms with E-state index < -0.39 is 24.0 Å². The lowest BCUT2D eigenvalue weighted by atomic mass is 10.1. The first-order valence-electron chi connectivity index (χ1n) is 4.38. The van der Waals surface area contributed by atoms with E-state index in [-0.39, 0.29) is 11.5 Å². The van der Waals surface area contributed by atoms with Crippen LogP contribution in [0.15, 0.2) is 21.9 Å². The van der Waals surface area contributed by atoms with Gasteiger partial charge in [-0.1, -0.05) is 0 Å². The van der Waals surface area contributed by atoms with Crippen molar-refractivity contribution in [2.45, 2.75) is 12.2 Å². The van der Waals surface area contributed by atoms with Crippen LogP contribution in [0, 0.1) is 0 Å². The van der Waals surface area contributed by atoms with Gasteiger partial charge in [0.2, 0.25) is 0 Å². The second kappa shape index (κ2) is 3.68. The summed E-state index contributed by atoms with van der Waals surface area (Å²) in [5.41, 5.74) is 0.0787. The van der Waals surface area contributed by atoms with E-state index in [1.54, 1.807) is 0 Å². The van der Waals surface area contributed by atoms with E-state index in [1.807, 2.05) is 0 Å². The quantitative estimate of drug-likeness (QED) is 0.653. The molecule has 0 saturated heterocycles. The summed E-state index contributed by atoms with van der Waals surface area (Å²) in [7, 11) is 0. The summed E-state index contributed by atoms with van der Waals surface area (Å²) in [6, 6.07) is -0.743. The van der Waals surface area contributed by atoms with Gasteiger partial charge >= 0.3 is 12.1 Å². The van der Waals surface area contributed by atoms with E-state index in [2.05, 4.69) is 15.3 Å². The Morgan fingerprint density at radius 3 is 2.82 bits per heavy atom. The van der Waals surface area contributed by atoms with Crippen molar-refractivity contribution in [1.82, 2.24) is 10.6 Å². The zero-order valence-corrected chi connectivity index (χ0v) is 8.08. The highest BCUT2D eigenvalue weighted by atomic mass is 19.4. The number of nitrogens with one attached hydrogen (secondary N) is 2. The van der Waals surface area contributed by atoms with E-state index in [0.29, 0.717) is 0 Å². The van der Waals surface area contributed by atoms with Crippen molar-refractivity contribution < 1.29 is 22.8 Å². The molecule has 1 atom stereocenters. The fourth-order valence-electron chi connectivity index (χ4n) is 1.28. The maximum absolute atomic E-state index is 12.0. The molecule has 6 nitrogen and oxygen atoms in total. The van der Waals surface area contributed by atoms with Crippen LogP contribution in [0.1, 0.15) is 0 Å². The third-order valence-electron chi connectivity index (χ3n) is 2.02. The SMILES string of the molecule is O=C1NC(NC(=O)C(F)(F)F)=CC2N=CN=C12. The molecule has 1 unspecified atom stereocenters. The van der Waals surface area contributed by atoms with Crippen molar-refractivity contribution in [3.63, 3.8) is 0 Å². The number of halogens is 3. The molecule has 0 fully saturated rings. The number of alkyl halides is 3. The van der Waals surface area contributed by atoms with Crippen LogP contribution in [0.2, 0.25) is 0 Å². The molecule has 90 valence electrons. The number of hydrogen-bond acceptors (Lipinski definition) is 4. The number of fused-ring (bicyclic) bond motifs is 1. The average Bonchev–Trinajstić information content (AvgIpc) is 2.64. The molecule has 0 aromatic rings. The summed E-state index contributed by atoms with van der Waals surface area (Å²) in [5, 5.41) is 3.61. The van der Waals surface area contributed by atoms with Gasteiger partial charge in [0.05, 0.1) is 0 Å². The van der Waals surface area contributed by atoms with Crippen molar-refractivity contribution in [2.24, 2.45) is 9.98 Å². The smallest absolute Gasteiger partial charge is 0.307 e. The molecule has 2 heterocycles. The lowest BCUT2D eigenvalue weighted by Gasteiger charge is -2.19. The van der Waals surface area contributed by atoms with Gasteiger partial charge < -0.3 is 10.6 Å². The van der Waals surface area contributed by atoms with Crippen molar-refractivity contribution in [2.75, 3.05) is 0 Å². The predicted molar refractivity (Wildman–Crippen MR) is 50.1 cm³/mol. The third-order valence-corrected chi connectivity index (χ3v) is 2.02. The molecule has 17 heavy (non-hydrogen) atoms. The second-order valence-electron chi connectivity index (χ2n) is 3.21. The van der Waals surface area contributed by atoms with Crippen LogP contribution in [0.4, 0.5) is 13.2 Å². The van der Waals surface area contributed by atoms with Crippen LogP contribution in [-0.4, -0.2) is 36.1 Å². The summed E-state index contributed by atoms with van der Waals surface area (Å²) >= 11 is 0. The van der Waals surface area contributed by atoms with Crippen molar-refractivity contribution in [3.05, 3.63) is 11.9 Å². The van der Waals surface area contributed by atoms with E-state index in [0.717, 1.165) is 6.34 Å². The van der Waals surface area contributed by atoms with Gasteiger partial charge in [0.25, 0.3) is 5.91 Å². The predicted octanol–water partition coefficient (Wildman–Crippen LogP) is -0.512. The molecular formula is C8H5F3N4O2. The summed E-state index contributed by atoms with van der Waals surface area (Å²) < 4.78 is 35.9. The Labute approximate surface area is 92.3 Å². The van der Waals surface area contributed by atoms with E-state index in [4.69, 9.17) is 0 Å². The molecule has 2 N–H and O–H groups in total. The third kappa shape index (κ3) is 2.17. The van der Waals surface area contributed by atoms with Crippen LogP contribution >= 0.6 is 0 Å². The molecule has 2 amide bonds. The largest absolute Gasteiger partial charge is 0.471 e. The molecular weight excluding hydrogens is 241 g/mol. The first-order valence-corrected chi connectivity index (χ1v) is 4.38. The highest BCUT2D eigenvalue weighted by Crippen LogP contribution is 2.16. The van der Waals surface area contributed by atoms with Crippen molar-refractivity contribution in [3.8, 4) is 0 Å². The molecule has 0 aromatic heterocycles. The second-order valence-corrected chi connectivity index (χ2v) is 3.21. The number of rotatable bonds is 1. The van der Waals surface area contributed by atoms with Gasteiger partial charge in [-0.3, -0.25) is 14.6 Å². The van der Waals surface area contributed by atoms with Crippen molar-refractivity contribution in [1.29, 1.82) is 0 Å². The number of amides is 2. The number of carbonyl (C=O) groups is 2. The first kappa shape index (κ1) is 11.3. The molecule has 2 aliphatic heterocycles. The Morgan fingerprint density at radius 1 is 1.47 bits per heavy atom. The minimum Gasteiger partial charge on any atom is -0.307 e. The van der Waals surface area contributed by atoms with E-state index >= 15 is 0 Å². The zero-order valence-electron chi connectivity index (χ0n) is 8.08. The standard InChI is InChI=1S/C8H5F3N4O2/c9-8(10,11)7(17)15-4-1-3-5(6(16)14-4)13-2-12-3/h1-3H,(H,14,16)(H,15,17). The number of carbonyl (C=O) groups excluding carboxylic acids is 2. The monoisotopic (exact) mass is 246 g/mol. The summed E-state index contributed by atoms with van der Waals surface area (Å²) in [6.45, 7) is 0. The number of aliphatic imine (C=N–C) groups is 2. The van der Waals surface area contributed by atoms with E-state index in [9.17, 15) is 22.8 Å². The Morgan fingerprint density at radius 2 is 2.18 bits per heavy atom. The molecule has 0 aromatic carbocycles. The fraction of sp³-hybridized carbons (Fsp3) is 0.250. The van der Waals surface area contributed by atoms with E-state index in [1.165, 1.54) is 11.4 Å². The normalized spacial score (nSPS) is 22.5. The molecule has 0 radical (unpaired) electrons. The van der Waals surface area contributed by atoms with Gasteiger partial charge in [-0.2, -0.15) is 13.2 Å². The van der Waals surface area contributed by atoms with Gasteiger partial charge in [0, 0.05) is 0 Å². The number of hydrogen-bond donors (Lipinski definition) is 2. The molecule has 0 spiro atoms. The lowest BCUT2D eigenvalue weighted by Crippen LogP contribution is -2.48. The molecule has 2 rings (SSSR count). The van der Waals surface area contributed by atoms with Crippen LogP contribution in [0.3, 0.4) is 0 Å². The van der Waals surface area contributed by atoms with Gasteiger partial charge in [-0.25, -0.2) is 4.99 Å². The fourth-order valence-corrected chi connectivity index (χ4v) is 1.28. The molecule has 2 aliphatic rings. The van der Waals surface area contributed by atoms with Crippen molar-refractivity contribution >= 4 is 23.9 Å². The Hall–Kier alpha value is -2.19. The number of nitrogens with zero attached hydrogens (tertiary/aromatic N) is 2. The topological polar surface area (TPSA) is 82.9 Å². The van der Waals surface area contributed by atoms with Gasteiger partial charge in [-0.15, -0.1) is 0 Å². The Kier molecular flexibility index (Phi) is 2.45. The highest BCUT2D eigenvalue weighted by molar-refractivity contribution is 6.44. The molecule has 0 aliphatic carbocycles. The molecule has 0 bridgehead atoms. The summed E-state index contributed by atoms with van der Waals surface area (Å²) in [5.74, 6) is -3.20.